The predicted molar refractivity (Wildman–Crippen MR) is 72.2 cm³/mol. The molecule has 2 aromatic rings. The Hall–Kier alpha value is -2.07. The van der Waals surface area contributed by atoms with Gasteiger partial charge in [-0.15, -0.1) is 0 Å². The van der Waals surface area contributed by atoms with Crippen molar-refractivity contribution in [1.29, 1.82) is 0 Å². The van der Waals surface area contributed by atoms with Gasteiger partial charge in [0.25, 0.3) is 5.56 Å². The first kappa shape index (κ1) is 12.0. The minimum atomic E-state index is -0.0145. The molecule has 98 valence electrons. The van der Waals surface area contributed by atoms with Gasteiger partial charge in [-0.2, -0.15) is 0 Å². The first-order valence-corrected chi connectivity index (χ1v) is 6.13. The van der Waals surface area contributed by atoms with Crippen molar-refractivity contribution in [3.05, 3.63) is 51.9 Å². The van der Waals surface area contributed by atoms with Gasteiger partial charge in [-0.25, -0.2) is 0 Å². The van der Waals surface area contributed by atoms with E-state index in [1.807, 2.05) is 24.4 Å². The van der Waals surface area contributed by atoms with Crippen LogP contribution in [-0.2, 0) is 25.0 Å². The summed E-state index contributed by atoms with van der Waals surface area (Å²) < 4.78 is 12.5. The second-order valence-electron chi connectivity index (χ2n) is 4.68. The van der Waals surface area contributed by atoms with E-state index in [-0.39, 0.29) is 5.56 Å². The molecule has 0 unspecified atom stereocenters. The summed E-state index contributed by atoms with van der Waals surface area (Å²) in [5.74, 6) is 0.815. The fraction of sp³-hybridized carbons (Fsp3) is 0.267. The van der Waals surface area contributed by atoms with Crippen LogP contribution in [0.2, 0.25) is 0 Å². The van der Waals surface area contributed by atoms with Gasteiger partial charge in [-0.05, 0) is 28.8 Å². The van der Waals surface area contributed by atoms with Crippen LogP contribution in [0.5, 0.6) is 5.75 Å². The minimum Gasteiger partial charge on any atom is -0.497 e. The van der Waals surface area contributed by atoms with Crippen molar-refractivity contribution in [2.45, 2.75) is 13.2 Å². The van der Waals surface area contributed by atoms with Gasteiger partial charge in [0.15, 0.2) is 0 Å². The summed E-state index contributed by atoms with van der Waals surface area (Å²) >= 11 is 0. The summed E-state index contributed by atoms with van der Waals surface area (Å²) in [5, 5.41) is 0. The molecule has 1 aliphatic heterocycles. The van der Waals surface area contributed by atoms with Crippen molar-refractivity contribution in [2.24, 2.45) is 7.05 Å². The van der Waals surface area contributed by atoms with E-state index in [2.05, 4.69) is 0 Å². The van der Waals surface area contributed by atoms with Crippen LogP contribution in [0.4, 0.5) is 0 Å². The van der Waals surface area contributed by atoms with Crippen LogP contribution in [0.3, 0.4) is 0 Å². The molecule has 19 heavy (non-hydrogen) atoms. The first-order valence-electron chi connectivity index (χ1n) is 6.13. The van der Waals surface area contributed by atoms with Crippen molar-refractivity contribution in [2.75, 3.05) is 7.11 Å². The third-order valence-electron chi connectivity index (χ3n) is 3.43. The number of methoxy groups -OCH3 is 1. The molecule has 0 saturated heterocycles. The maximum absolute atomic E-state index is 11.7. The molecule has 4 nitrogen and oxygen atoms in total. The fourth-order valence-electron chi connectivity index (χ4n) is 2.38. The third-order valence-corrected chi connectivity index (χ3v) is 3.43. The number of hydrogen-bond acceptors (Lipinski definition) is 3. The molecule has 0 aliphatic carbocycles. The molecular formula is C15H15NO3. The largest absolute Gasteiger partial charge is 0.497 e. The van der Waals surface area contributed by atoms with E-state index in [1.165, 1.54) is 0 Å². The number of hydrogen-bond donors (Lipinski definition) is 0. The van der Waals surface area contributed by atoms with Gasteiger partial charge in [0.1, 0.15) is 5.75 Å². The van der Waals surface area contributed by atoms with Crippen LogP contribution in [0, 0.1) is 0 Å². The molecule has 0 spiro atoms. The zero-order valence-corrected chi connectivity index (χ0v) is 11.0. The number of pyridine rings is 1. The summed E-state index contributed by atoms with van der Waals surface area (Å²) in [7, 11) is 3.41. The highest BCUT2D eigenvalue weighted by atomic mass is 16.5. The normalized spacial score (nSPS) is 13.4. The maximum Gasteiger partial charge on any atom is 0.250 e. The molecule has 0 radical (unpaired) electrons. The number of nitrogens with zero attached hydrogens (tertiary/aromatic N) is 1. The molecule has 1 aromatic carbocycles. The van der Waals surface area contributed by atoms with Gasteiger partial charge in [-0.3, -0.25) is 4.79 Å². The van der Waals surface area contributed by atoms with Gasteiger partial charge >= 0.3 is 0 Å². The van der Waals surface area contributed by atoms with Crippen LogP contribution >= 0.6 is 0 Å². The Kier molecular flexibility index (Phi) is 2.87. The lowest BCUT2D eigenvalue weighted by atomic mass is 9.98. The van der Waals surface area contributed by atoms with Gasteiger partial charge in [0, 0.05) is 24.9 Å². The average molecular weight is 257 g/mol. The molecule has 1 aromatic heterocycles. The second-order valence-corrected chi connectivity index (χ2v) is 4.68. The van der Waals surface area contributed by atoms with Crippen molar-refractivity contribution < 1.29 is 9.47 Å². The van der Waals surface area contributed by atoms with E-state index >= 15 is 0 Å². The highest BCUT2D eigenvalue weighted by molar-refractivity contribution is 5.71. The Morgan fingerprint density at radius 3 is 2.63 bits per heavy atom. The smallest absolute Gasteiger partial charge is 0.250 e. The van der Waals surface area contributed by atoms with Crippen molar-refractivity contribution in [1.82, 2.24) is 4.57 Å². The van der Waals surface area contributed by atoms with Crippen molar-refractivity contribution in [3.8, 4) is 16.9 Å². The highest BCUT2D eigenvalue weighted by Crippen LogP contribution is 2.32. The Morgan fingerprint density at radius 1 is 1.16 bits per heavy atom. The summed E-state index contributed by atoms with van der Waals surface area (Å²) in [6.45, 7) is 0.988. The molecule has 4 heteroatoms. The number of aryl methyl sites for hydroxylation is 1. The van der Waals surface area contributed by atoms with E-state index in [0.717, 1.165) is 28.0 Å². The van der Waals surface area contributed by atoms with Gasteiger partial charge in [-0.1, -0.05) is 6.07 Å². The third kappa shape index (κ3) is 2.04. The van der Waals surface area contributed by atoms with Crippen LogP contribution in [-0.4, -0.2) is 11.7 Å². The number of ether oxygens (including phenoxy) is 2. The van der Waals surface area contributed by atoms with Crippen LogP contribution in [0.15, 0.2) is 35.3 Å². The molecule has 2 heterocycles. The van der Waals surface area contributed by atoms with E-state index in [0.29, 0.717) is 13.2 Å². The van der Waals surface area contributed by atoms with E-state index in [1.54, 1.807) is 24.8 Å². The number of benzene rings is 1. The summed E-state index contributed by atoms with van der Waals surface area (Å²) in [4.78, 5) is 11.7. The summed E-state index contributed by atoms with van der Waals surface area (Å²) in [6.07, 6.45) is 1.87. The zero-order valence-electron chi connectivity index (χ0n) is 11.0. The fourth-order valence-corrected chi connectivity index (χ4v) is 2.38. The number of fused-ring (bicyclic) bond motifs is 3. The molecule has 0 atom stereocenters. The minimum absolute atomic E-state index is 0.0145. The van der Waals surface area contributed by atoms with Crippen LogP contribution in [0.1, 0.15) is 11.1 Å². The molecular weight excluding hydrogens is 242 g/mol. The van der Waals surface area contributed by atoms with Crippen molar-refractivity contribution >= 4 is 0 Å². The summed E-state index contributed by atoms with van der Waals surface area (Å²) in [5.41, 5.74) is 4.16. The van der Waals surface area contributed by atoms with Crippen LogP contribution < -0.4 is 10.3 Å². The quantitative estimate of drug-likeness (QED) is 0.785. The number of aromatic nitrogens is 1. The van der Waals surface area contributed by atoms with E-state index in [4.69, 9.17) is 9.47 Å². The summed E-state index contributed by atoms with van der Waals surface area (Å²) in [6, 6.07) is 7.58. The lowest BCUT2D eigenvalue weighted by molar-refractivity contribution is 0.109. The van der Waals surface area contributed by atoms with Crippen LogP contribution in [0.25, 0.3) is 11.1 Å². The lowest BCUT2D eigenvalue weighted by Gasteiger charge is -2.11. The maximum atomic E-state index is 11.7. The average Bonchev–Trinajstić information content (AvgIpc) is 2.58. The SMILES string of the molecule is COc1ccc2c(c1)COCc1cc(=O)n(C)cc1-2. The zero-order chi connectivity index (χ0) is 13.4. The second kappa shape index (κ2) is 4.55. The number of rotatable bonds is 1. The van der Waals surface area contributed by atoms with E-state index in [9.17, 15) is 4.79 Å². The Bertz CT molecular complexity index is 688. The monoisotopic (exact) mass is 257 g/mol. The Labute approximate surface area is 111 Å². The highest BCUT2D eigenvalue weighted by Gasteiger charge is 2.16. The molecule has 0 bridgehead atoms. The standard InChI is InChI=1S/C15H15NO3/c1-16-7-14-11(6-15(16)17)9-19-8-10-5-12(18-2)3-4-13(10)14/h3-7H,8-9H2,1-2H3. The molecule has 0 amide bonds. The molecule has 0 saturated carbocycles. The molecule has 0 N–H and O–H groups in total. The first-order chi connectivity index (χ1) is 9.19. The Morgan fingerprint density at radius 2 is 1.89 bits per heavy atom. The molecule has 1 aliphatic rings. The van der Waals surface area contributed by atoms with E-state index < -0.39 is 0 Å². The topological polar surface area (TPSA) is 40.5 Å². The van der Waals surface area contributed by atoms with Gasteiger partial charge in [0.05, 0.1) is 20.3 Å². The molecule has 3 rings (SSSR count). The molecule has 0 fully saturated rings. The predicted octanol–water partition coefficient (Wildman–Crippen LogP) is 2.09. The van der Waals surface area contributed by atoms with Crippen molar-refractivity contribution in [3.63, 3.8) is 0 Å². The van der Waals surface area contributed by atoms with Gasteiger partial charge in [0.2, 0.25) is 0 Å². The Balaban J connectivity index is 2.24. The lowest BCUT2D eigenvalue weighted by Crippen LogP contribution is -2.16. The van der Waals surface area contributed by atoms with Gasteiger partial charge < -0.3 is 14.0 Å².